The van der Waals surface area contributed by atoms with Gasteiger partial charge < -0.3 is 11.5 Å². The van der Waals surface area contributed by atoms with E-state index in [-0.39, 0.29) is 0 Å². The highest BCUT2D eigenvalue weighted by Gasteiger charge is 2.32. The third-order valence-corrected chi connectivity index (χ3v) is 4.24. The molecule has 20 heavy (non-hydrogen) atoms. The van der Waals surface area contributed by atoms with Crippen LogP contribution in [0.25, 0.3) is 0 Å². The van der Waals surface area contributed by atoms with Crippen molar-refractivity contribution in [3.05, 3.63) is 59.9 Å². The van der Waals surface area contributed by atoms with E-state index in [9.17, 15) is 0 Å². The summed E-state index contributed by atoms with van der Waals surface area (Å²) in [5.41, 5.74) is 15.2. The third kappa shape index (κ3) is 2.68. The Labute approximate surface area is 120 Å². The molecular weight excluding hydrogens is 246 g/mol. The van der Waals surface area contributed by atoms with E-state index in [2.05, 4.69) is 11.1 Å². The quantitative estimate of drug-likeness (QED) is 0.818. The summed E-state index contributed by atoms with van der Waals surface area (Å²) in [5, 5.41) is 0. The molecule has 1 aromatic heterocycles. The van der Waals surface area contributed by atoms with E-state index in [1.54, 1.807) is 12.4 Å². The molecule has 1 aliphatic carbocycles. The number of nitrogen functional groups attached to an aromatic ring is 1. The summed E-state index contributed by atoms with van der Waals surface area (Å²) < 4.78 is 0. The Bertz CT molecular complexity index is 578. The molecule has 0 bridgehead atoms. The average Bonchev–Trinajstić information content (AvgIpc) is 3.30. The molecule has 4 N–H and O–H groups in total. The zero-order valence-corrected chi connectivity index (χ0v) is 11.6. The summed E-state index contributed by atoms with van der Waals surface area (Å²) in [4.78, 5) is 4.10. The number of benzene rings is 1. The molecule has 0 radical (unpaired) electrons. The molecule has 3 rings (SSSR count). The van der Waals surface area contributed by atoms with Crippen LogP contribution in [-0.2, 0) is 5.54 Å². The SMILES string of the molecule is Nc1cccc(C(N)(CCC2CC2)c2ccncc2)c1. The van der Waals surface area contributed by atoms with Gasteiger partial charge in [0.25, 0.3) is 0 Å². The fraction of sp³-hybridized carbons (Fsp3) is 0.353. The molecule has 1 saturated carbocycles. The second-order valence-electron chi connectivity index (χ2n) is 5.81. The highest BCUT2D eigenvalue weighted by molar-refractivity contribution is 5.46. The smallest absolute Gasteiger partial charge is 0.0667 e. The molecule has 1 fully saturated rings. The molecule has 2 aromatic rings. The number of nitrogens with zero attached hydrogens (tertiary/aromatic N) is 1. The monoisotopic (exact) mass is 267 g/mol. The van der Waals surface area contributed by atoms with E-state index < -0.39 is 5.54 Å². The lowest BCUT2D eigenvalue weighted by atomic mass is 9.80. The maximum absolute atomic E-state index is 6.80. The van der Waals surface area contributed by atoms with Gasteiger partial charge in [0.1, 0.15) is 0 Å². The number of pyridine rings is 1. The first-order valence-corrected chi connectivity index (χ1v) is 7.24. The van der Waals surface area contributed by atoms with Crippen molar-refractivity contribution in [3.63, 3.8) is 0 Å². The molecule has 0 saturated heterocycles. The molecule has 1 unspecified atom stereocenters. The van der Waals surface area contributed by atoms with Gasteiger partial charge in [-0.25, -0.2) is 0 Å². The van der Waals surface area contributed by atoms with E-state index in [1.165, 1.54) is 19.3 Å². The molecule has 1 aliphatic rings. The van der Waals surface area contributed by atoms with Crippen LogP contribution in [0.15, 0.2) is 48.8 Å². The Kier molecular flexibility index (Phi) is 3.45. The zero-order valence-electron chi connectivity index (χ0n) is 11.6. The number of nitrogens with two attached hydrogens (primary N) is 2. The molecule has 1 atom stereocenters. The Morgan fingerprint density at radius 2 is 1.85 bits per heavy atom. The van der Waals surface area contributed by atoms with Crippen LogP contribution in [0.3, 0.4) is 0 Å². The van der Waals surface area contributed by atoms with Crippen molar-refractivity contribution in [2.75, 3.05) is 5.73 Å². The molecule has 3 heteroatoms. The highest BCUT2D eigenvalue weighted by atomic mass is 14.8. The van der Waals surface area contributed by atoms with Gasteiger partial charge in [0.05, 0.1) is 5.54 Å². The van der Waals surface area contributed by atoms with Crippen molar-refractivity contribution in [1.82, 2.24) is 4.98 Å². The van der Waals surface area contributed by atoms with Crippen LogP contribution in [0.4, 0.5) is 5.69 Å². The summed E-state index contributed by atoms with van der Waals surface area (Å²) in [5.74, 6) is 0.862. The molecule has 1 heterocycles. The molecular formula is C17H21N3. The van der Waals surface area contributed by atoms with Gasteiger partial charge in [-0.1, -0.05) is 25.0 Å². The zero-order chi connectivity index (χ0) is 14.0. The van der Waals surface area contributed by atoms with Crippen molar-refractivity contribution in [2.24, 2.45) is 11.7 Å². The summed E-state index contributed by atoms with van der Waals surface area (Å²) in [6.07, 6.45) is 8.44. The van der Waals surface area contributed by atoms with Crippen LogP contribution < -0.4 is 11.5 Å². The first-order valence-electron chi connectivity index (χ1n) is 7.24. The van der Waals surface area contributed by atoms with E-state index in [1.807, 2.05) is 30.3 Å². The molecule has 104 valence electrons. The van der Waals surface area contributed by atoms with Crippen molar-refractivity contribution in [1.29, 1.82) is 0 Å². The largest absolute Gasteiger partial charge is 0.399 e. The number of hydrogen-bond acceptors (Lipinski definition) is 3. The van der Waals surface area contributed by atoms with E-state index in [0.29, 0.717) is 0 Å². The van der Waals surface area contributed by atoms with Gasteiger partial charge in [0.2, 0.25) is 0 Å². The number of anilines is 1. The van der Waals surface area contributed by atoms with Gasteiger partial charge in [-0.15, -0.1) is 0 Å². The maximum atomic E-state index is 6.80. The second kappa shape index (κ2) is 5.25. The van der Waals surface area contributed by atoms with Gasteiger partial charge in [0, 0.05) is 18.1 Å². The maximum Gasteiger partial charge on any atom is 0.0667 e. The number of aromatic nitrogens is 1. The van der Waals surface area contributed by atoms with Gasteiger partial charge in [0.15, 0.2) is 0 Å². The Morgan fingerprint density at radius 3 is 2.50 bits per heavy atom. The minimum absolute atomic E-state index is 0.471. The molecule has 0 spiro atoms. The van der Waals surface area contributed by atoms with E-state index in [4.69, 9.17) is 11.5 Å². The van der Waals surface area contributed by atoms with Crippen molar-refractivity contribution < 1.29 is 0 Å². The lowest BCUT2D eigenvalue weighted by molar-refractivity contribution is 0.455. The lowest BCUT2D eigenvalue weighted by Gasteiger charge is -2.31. The van der Waals surface area contributed by atoms with Gasteiger partial charge >= 0.3 is 0 Å². The molecule has 0 amide bonds. The lowest BCUT2D eigenvalue weighted by Crippen LogP contribution is -2.38. The van der Waals surface area contributed by atoms with Gasteiger partial charge in [-0.05, 0) is 54.2 Å². The Balaban J connectivity index is 1.97. The van der Waals surface area contributed by atoms with Crippen LogP contribution >= 0.6 is 0 Å². The Hall–Kier alpha value is -1.87. The van der Waals surface area contributed by atoms with Crippen LogP contribution in [0.2, 0.25) is 0 Å². The minimum atomic E-state index is -0.471. The first kappa shape index (κ1) is 13.1. The minimum Gasteiger partial charge on any atom is -0.399 e. The summed E-state index contributed by atoms with van der Waals surface area (Å²) in [7, 11) is 0. The van der Waals surface area contributed by atoms with Crippen molar-refractivity contribution >= 4 is 5.69 Å². The summed E-state index contributed by atoms with van der Waals surface area (Å²) in [6, 6.07) is 12.0. The summed E-state index contributed by atoms with van der Waals surface area (Å²) >= 11 is 0. The van der Waals surface area contributed by atoms with Crippen LogP contribution in [0, 0.1) is 5.92 Å². The predicted octanol–water partition coefficient (Wildman–Crippen LogP) is 3.06. The topological polar surface area (TPSA) is 64.9 Å². The van der Waals surface area contributed by atoms with E-state index >= 15 is 0 Å². The van der Waals surface area contributed by atoms with Crippen LogP contribution in [0.5, 0.6) is 0 Å². The van der Waals surface area contributed by atoms with Gasteiger partial charge in [-0.3, -0.25) is 4.98 Å². The van der Waals surface area contributed by atoms with E-state index in [0.717, 1.165) is 29.2 Å². The van der Waals surface area contributed by atoms with Crippen LogP contribution in [-0.4, -0.2) is 4.98 Å². The third-order valence-electron chi connectivity index (χ3n) is 4.24. The summed E-state index contributed by atoms with van der Waals surface area (Å²) in [6.45, 7) is 0. The average molecular weight is 267 g/mol. The molecule has 0 aliphatic heterocycles. The normalized spacial score (nSPS) is 17.6. The Morgan fingerprint density at radius 1 is 1.10 bits per heavy atom. The second-order valence-corrected chi connectivity index (χ2v) is 5.81. The number of hydrogen-bond donors (Lipinski definition) is 2. The fourth-order valence-electron chi connectivity index (χ4n) is 2.76. The first-order chi connectivity index (χ1) is 9.68. The molecule has 1 aromatic carbocycles. The number of rotatable bonds is 5. The highest BCUT2D eigenvalue weighted by Crippen LogP contribution is 2.39. The van der Waals surface area contributed by atoms with Gasteiger partial charge in [-0.2, -0.15) is 0 Å². The van der Waals surface area contributed by atoms with Crippen molar-refractivity contribution in [3.8, 4) is 0 Å². The standard InChI is InChI=1S/C17H21N3/c18-16-3-1-2-15(12-16)17(19,9-6-13-4-5-13)14-7-10-20-11-8-14/h1-3,7-8,10-13H,4-6,9,18-19H2. The predicted molar refractivity (Wildman–Crippen MR) is 82.0 cm³/mol. The fourth-order valence-corrected chi connectivity index (χ4v) is 2.76. The van der Waals surface area contributed by atoms with Crippen molar-refractivity contribution in [2.45, 2.75) is 31.2 Å². The molecule has 3 nitrogen and oxygen atoms in total. The van der Waals surface area contributed by atoms with Crippen LogP contribution in [0.1, 0.15) is 36.8 Å².